The van der Waals surface area contributed by atoms with Crippen molar-refractivity contribution in [2.75, 3.05) is 6.54 Å². The molecule has 0 aliphatic carbocycles. The minimum atomic E-state index is -0.269. The summed E-state index contributed by atoms with van der Waals surface area (Å²) in [5.41, 5.74) is 5.13. The van der Waals surface area contributed by atoms with Crippen LogP contribution in [0.15, 0.2) is 0 Å². The van der Waals surface area contributed by atoms with E-state index in [1.165, 1.54) is 25.7 Å². The molecule has 1 amide bonds. The normalized spacial score (nSPS) is 13.1. The Morgan fingerprint density at radius 3 is 2.27 bits per heavy atom. The van der Waals surface area contributed by atoms with E-state index < -0.39 is 0 Å². The second kappa shape index (κ2) is 8.72. The summed E-state index contributed by atoms with van der Waals surface area (Å²) in [6.07, 6.45) is 6.32. The first kappa shape index (κ1) is 14.4. The van der Waals surface area contributed by atoms with Crippen LogP contribution in [0.4, 0.5) is 0 Å². The lowest BCUT2D eigenvalue weighted by atomic mass is 10.0. The molecule has 15 heavy (non-hydrogen) atoms. The number of amides is 1. The lowest BCUT2D eigenvalue weighted by Gasteiger charge is -2.09. The summed E-state index contributed by atoms with van der Waals surface area (Å²) in [7, 11) is 0. The number of carbonyl (C=O) groups excluding carboxylic acids is 1. The third-order valence-electron chi connectivity index (χ3n) is 2.59. The first-order valence-corrected chi connectivity index (χ1v) is 6.06. The summed E-state index contributed by atoms with van der Waals surface area (Å²) in [5.74, 6) is 0.549. The monoisotopic (exact) mass is 214 g/mol. The molecular formula is C12H26N2O. The third-order valence-corrected chi connectivity index (χ3v) is 2.59. The van der Waals surface area contributed by atoms with Gasteiger partial charge in [-0.05, 0) is 25.8 Å². The molecule has 0 aliphatic heterocycles. The molecule has 1 unspecified atom stereocenters. The van der Waals surface area contributed by atoms with E-state index in [9.17, 15) is 4.79 Å². The van der Waals surface area contributed by atoms with Crippen LogP contribution in [0.5, 0.6) is 0 Å². The van der Waals surface area contributed by atoms with E-state index in [-0.39, 0.29) is 11.9 Å². The van der Waals surface area contributed by atoms with Gasteiger partial charge in [0.25, 0.3) is 0 Å². The van der Waals surface area contributed by atoms with E-state index in [0.29, 0.717) is 0 Å². The standard InChI is InChI=1S/C12H26N2O/c1-10(2)8-6-4-5-7-9-14-11(3)12(13)15/h10-11,14H,4-9H2,1-3H3,(H2,13,15). The van der Waals surface area contributed by atoms with Crippen LogP contribution < -0.4 is 11.1 Å². The molecule has 0 heterocycles. The molecule has 3 heteroatoms. The molecule has 3 nitrogen and oxygen atoms in total. The van der Waals surface area contributed by atoms with Gasteiger partial charge in [0.1, 0.15) is 0 Å². The molecule has 90 valence electrons. The first-order chi connectivity index (χ1) is 7.04. The number of unbranched alkanes of at least 4 members (excludes halogenated alkanes) is 3. The van der Waals surface area contributed by atoms with Crippen LogP contribution in [0.1, 0.15) is 52.9 Å². The Balaban J connectivity index is 3.15. The van der Waals surface area contributed by atoms with E-state index in [1.54, 1.807) is 6.92 Å². The highest BCUT2D eigenvalue weighted by Gasteiger charge is 2.05. The maximum atomic E-state index is 10.7. The second-order valence-electron chi connectivity index (χ2n) is 4.67. The van der Waals surface area contributed by atoms with Crippen LogP contribution in [0.2, 0.25) is 0 Å². The van der Waals surface area contributed by atoms with Gasteiger partial charge in [-0.1, -0.05) is 39.5 Å². The number of rotatable bonds is 9. The Morgan fingerprint density at radius 1 is 1.13 bits per heavy atom. The van der Waals surface area contributed by atoms with E-state index in [0.717, 1.165) is 18.9 Å². The van der Waals surface area contributed by atoms with Gasteiger partial charge < -0.3 is 11.1 Å². The number of primary amides is 1. The average Bonchev–Trinajstić information content (AvgIpc) is 2.15. The Kier molecular flexibility index (Phi) is 8.38. The molecule has 0 aromatic carbocycles. The lowest BCUT2D eigenvalue weighted by molar-refractivity contribution is -0.119. The van der Waals surface area contributed by atoms with Crippen molar-refractivity contribution >= 4 is 5.91 Å². The maximum absolute atomic E-state index is 10.7. The van der Waals surface area contributed by atoms with Gasteiger partial charge in [0.05, 0.1) is 6.04 Å². The Labute approximate surface area is 93.8 Å². The van der Waals surface area contributed by atoms with E-state index >= 15 is 0 Å². The minimum Gasteiger partial charge on any atom is -0.368 e. The van der Waals surface area contributed by atoms with Crippen LogP contribution in [0.3, 0.4) is 0 Å². The van der Waals surface area contributed by atoms with Gasteiger partial charge in [-0.3, -0.25) is 4.79 Å². The molecule has 0 aromatic rings. The molecule has 3 N–H and O–H groups in total. The van der Waals surface area contributed by atoms with Crippen molar-refractivity contribution in [3.63, 3.8) is 0 Å². The quantitative estimate of drug-likeness (QED) is 0.577. The summed E-state index contributed by atoms with van der Waals surface area (Å²) in [5, 5.41) is 3.11. The molecule has 0 saturated carbocycles. The maximum Gasteiger partial charge on any atom is 0.234 e. The molecule has 0 spiro atoms. The predicted molar refractivity (Wildman–Crippen MR) is 64.6 cm³/mol. The van der Waals surface area contributed by atoms with Crippen molar-refractivity contribution in [2.45, 2.75) is 58.9 Å². The Bertz CT molecular complexity index is 169. The summed E-state index contributed by atoms with van der Waals surface area (Å²) >= 11 is 0. The lowest BCUT2D eigenvalue weighted by Crippen LogP contribution is -2.39. The fraction of sp³-hybridized carbons (Fsp3) is 0.917. The number of carbonyl (C=O) groups is 1. The zero-order valence-corrected chi connectivity index (χ0v) is 10.4. The van der Waals surface area contributed by atoms with Crippen molar-refractivity contribution in [1.29, 1.82) is 0 Å². The molecule has 0 rings (SSSR count). The van der Waals surface area contributed by atoms with Crippen molar-refractivity contribution < 1.29 is 4.79 Å². The SMILES string of the molecule is CC(C)CCCCCCNC(C)C(N)=O. The van der Waals surface area contributed by atoms with Crippen molar-refractivity contribution in [3.8, 4) is 0 Å². The number of hydrogen-bond donors (Lipinski definition) is 2. The molecule has 0 bridgehead atoms. The summed E-state index contributed by atoms with van der Waals surface area (Å²) < 4.78 is 0. The van der Waals surface area contributed by atoms with Crippen LogP contribution in [-0.4, -0.2) is 18.5 Å². The summed E-state index contributed by atoms with van der Waals surface area (Å²) in [6, 6.07) is -0.194. The van der Waals surface area contributed by atoms with Crippen molar-refractivity contribution in [1.82, 2.24) is 5.32 Å². The zero-order chi connectivity index (χ0) is 11.7. The topological polar surface area (TPSA) is 55.1 Å². The van der Waals surface area contributed by atoms with Crippen LogP contribution in [0, 0.1) is 5.92 Å². The third kappa shape index (κ3) is 9.73. The Morgan fingerprint density at radius 2 is 1.73 bits per heavy atom. The molecule has 0 fully saturated rings. The largest absolute Gasteiger partial charge is 0.368 e. The highest BCUT2D eigenvalue weighted by molar-refractivity contribution is 5.79. The highest BCUT2D eigenvalue weighted by Crippen LogP contribution is 2.08. The van der Waals surface area contributed by atoms with Gasteiger partial charge >= 0.3 is 0 Å². The Hall–Kier alpha value is -0.570. The fourth-order valence-corrected chi connectivity index (χ4v) is 1.45. The zero-order valence-electron chi connectivity index (χ0n) is 10.4. The van der Waals surface area contributed by atoms with Gasteiger partial charge in [0.15, 0.2) is 0 Å². The van der Waals surface area contributed by atoms with Crippen molar-refractivity contribution in [2.24, 2.45) is 11.7 Å². The molecule has 1 atom stereocenters. The first-order valence-electron chi connectivity index (χ1n) is 6.06. The molecule has 0 saturated heterocycles. The smallest absolute Gasteiger partial charge is 0.234 e. The fourth-order valence-electron chi connectivity index (χ4n) is 1.45. The summed E-state index contributed by atoms with van der Waals surface area (Å²) in [4.78, 5) is 10.7. The predicted octanol–water partition coefficient (Wildman–Crippen LogP) is 2.06. The average molecular weight is 214 g/mol. The van der Waals surface area contributed by atoms with Gasteiger partial charge in [-0.25, -0.2) is 0 Å². The van der Waals surface area contributed by atoms with E-state index in [4.69, 9.17) is 5.73 Å². The second-order valence-corrected chi connectivity index (χ2v) is 4.67. The van der Waals surface area contributed by atoms with Crippen LogP contribution >= 0.6 is 0 Å². The molecule has 0 radical (unpaired) electrons. The molecule has 0 aliphatic rings. The van der Waals surface area contributed by atoms with Crippen LogP contribution in [-0.2, 0) is 4.79 Å². The minimum absolute atomic E-state index is 0.194. The van der Waals surface area contributed by atoms with Gasteiger partial charge in [0.2, 0.25) is 5.91 Å². The number of nitrogens with one attached hydrogen (secondary N) is 1. The number of hydrogen-bond acceptors (Lipinski definition) is 2. The van der Waals surface area contributed by atoms with Gasteiger partial charge in [-0.2, -0.15) is 0 Å². The van der Waals surface area contributed by atoms with Crippen molar-refractivity contribution in [3.05, 3.63) is 0 Å². The highest BCUT2D eigenvalue weighted by atomic mass is 16.1. The van der Waals surface area contributed by atoms with E-state index in [2.05, 4.69) is 19.2 Å². The number of nitrogens with two attached hydrogens (primary N) is 1. The molecule has 0 aromatic heterocycles. The van der Waals surface area contributed by atoms with Gasteiger partial charge in [0, 0.05) is 0 Å². The van der Waals surface area contributed by atoms with Crippen LogP contribution in [0.25, 0.3) is 0 Å². The summed E-state index contributed by atoms with van der Waals surface area (Å²) in [6.45, 7) is 7.22. The molecular weight excluding hydrogens is 188 g/mol. The van der Waals surface area contributed by atoms with Gasteiger partial charge in [-0.15, -0.1) is 0 Å². The van der Waals surface area contributed by atoms with E-state index in [1.807, 2.05) is 0 Å².